The van der Waals surface area contributed by atoms with E-state index in [4.69, 9.17) is 10.7 Å². The summed E-state index contributed by atoms with van der Waals surface area (Å²) in [5, 5.41) is 6.89. The van der Waals surface area contributed by atoms with E-state index in [0.717, 1.165) is 45.0 Å². The summed E-state index contributed by atoms with van der Waals surface area (Å²) in [5.41, 5.74) is 7.88. The lowest BCUT2D eigenvalue weighted by molar-refractivity contribution is -0.119. The normalized spacial score (nSPS) is 17.1. The molecule has 1 saturated heterocycles. The Kier molecular flexibility index (Phi) is 10.7. The van der Waals surface area contributed by atoms with Gasteiger partial charge in [-0.3, -0.25) is 14.7 Å². The van der Waals surface area contributed by atoms with E-state index in [2.05, 4.69) is 60.6 Å². The third kappa shape index (κ3) is 8.47. The molecular formula is C20H34IN5O. The van der Waals surface area contributed by atoms with E-state index in [9.17, 15) is 4.79 Å². The summed E-state index contributed by atoms with van der Waals surface area (Å²) in [4.78, 5) is 17.9. The van der Waals surface area contributed by atoms with Gasteiger partial charge in [-0.15, -0.1) is 24.0 Å². The van der Waals surface area contributed by atoms with Gasteiger partial charge in [0.2, 0.25) is 5.91 Å². The van der Waals surface area contributed by atoms with Gasteiger partial charge in [-0.25, -0.2) is 0 Å². The van der Waals surface area contributed by atoms with Crippen LogP contribution in [0.4, 0.5) is 0 Å². The van der Waals surface area contributed by atoms with E-state index in [1.807, 2.05) is 0 Å². The van der Waals surface area contributed by atoms with E-state index in [1.54, 1.807) is 0 Å². The van der Waals surface area contributed by atoms with Crippen LogP contribution in [0.5, 0.6) is 0 Å². The zero-order valence-corrected chi connectivity index (χ0v) is 19.0. The number of nitrogens with one attached hydrogen (secondary N) is 2. The summed E-state index contributed by atoms with van der Waals surface area (Å²) in [5.74, 6) is 1.000. The number of hydrogen-bond acceptors (Lipinski definition) is 3. The average Bonchev–Trinajstić information content (AvgIpc) is 2.61. The number of piperidine rings is 1. The van der Waals surface area contributed by atoms with Crippen LogP contribution >= 0.6 is 24.0 Å². The Labute approximate surface area is 180 Å². The monoisotopic (exact) mass is 487 g/mol. The highest BCUT2D eigenvalue weighted by atomic mass is 127. The largest absolute Gasteiger partial charge is 0.369 e. The number of hydrogen-bond donors (Lipinski definition) is 3. The molecule has 0 spiro atoms. The SMILES string of the molecule is CCNC(=NCC(C)c1cccc(C)c1)NC1CCN(CC(N)=O)CC1.I. The van der Waals surface area contributed by atoms with Crippen molar-refractivity contribution >= 4 is 35.8 Å². The van der Waals surface area contributed by atoms with Crippen LogP contribution in [0.2, 0.25) is 0 Å². The maximum atomic E-state index is 11.0. The predicted octanol–water partition coefficient (Wildman–Crippen LogP) is 2.22. The first-order valence-electron chi connectivity index (χ1n) is 9.60. The molecule has 1 unspecified atom stereocenters. The second-order valence-corrected chi connectivity index (χ2v) is 7.20. The Balaban J connectivity index is 0.00000364. The number of aryl methyl sites for hydroxylation is 1. The molecule has 7 heteroatoms. The molecule has 152 valence electrons. The molecule has 27 heavy (non-hydrogen) atoms. The molecule has 1 aliphatic heterocycles. The first kappa shape index (κ1) is 23.7. The number of nitrogens with two attached hydrogens (primary N) is 1. The predicted molar refractivity (Wildman–Crippen MR) is 123 cm³/mol. The minimum Gasteiger partial charge on any atom is -0.369 e. The molecule has 2 rings (SSSR count). The quantitative estimate of drug-likeness (QED) is 0.313. The van der Waals surface area contributed by atoms with Gasteiger partial charge in [0, 0.05) is 38.1 Å². The fraction of sp³-hybridized carbons (Fsp3) is 0.600. The highest BCUT2D eigenvalue weighted by Gasteiger charge is 2.20. The average molecular weight is 487 g/mol. The van der Waals surface area contributed by atoms with Crippen molar-refractivity contribution < 1.29 is 4.79 Å². The first-order chi connectivity index (χ1) is 12.5. The van der Waals surface area contributed by atoms with Crippen LogP contribution < -0.4 is 16.4 Å². The lowest BCUT2D eigenvalue weighted by Gasteiger charge is -2.32. The molecule has 1 amide bonds. The van der Waals surface area contributed by atoms with Gasteiger partial charge in [0.15, 0.2) is 5.96 Å². The summed E-state index contributed by atoms with van der Waals surface area (Å²) < 4.78 is 0. The smallest absolute Gasteiger partial charge is 0.231 e. The molecule has 0 aromatic heterocycles. The van der Waals surface area contributed by atoms with E-state index >= 15 is 0 Å². The lowest BCUT2D eigenvalue weighted by Crippen LogP contribution is -2.49. The molecule has 0 bridgehead atoms. The van der Waals surface area contributed by atoms with Crippen LogP contribution in [0.3, 0.4) is 0 Å². The van der Waals surface area contributed by atoms with E-state index in [1.165, 1.54) is 11.1 Å². The van der Waals surface area contributed by atoms with Gasteiger partial charge >= 0.3 is 0 Å². The topological polar surface area (TPSA) is 82.8 Å². The zero-order valence-electron chi connectivity index (χ0n) is 16.7. The van der Waals surface area contributed by atoms with Gasteiger partial charge in [-0.05, 0) is 32.3 Å². The van der Waals surface area contributed by atoms with Crippen LogP contribution in [0, 0.1) is 6.92 Å². The summed E-state index contributed by atoms with van der Waals surface area (Å²) in [6.45, 7) is 10.1. The fourth-order valence-electron chi connectivity index (χ4n) is 3.28. The highest BCUT2D eigenvalue weighted by molar-refractivity contribution is 14.0. The molecule has 6 nitrogen and oxygen atoms in total. The maximum Gasteiger partial charge on any atom is 0.231 e. The van der Waals surface area contributed by atoms with Crippen LogP contribution in [0.1, 0.15) is 43.7 Å². The number of carbonyl (C=O) groups excluding carboxylic acids is 1. The second kappa shape index (κ2) is 12.2. The molecular weight excluding hydrogens is 453 g/mol. The van der Waals surface area contributed by atoms with Crippen molar-refractivity contribution in [3.63, 3.8) is 0 Å². The third-order valence-corrected chi connectivity index (χ3v) is 4.79. The molecule has 1 aromatic rings. The molecule has 4 N–H and O–H groups in total. The lowest BCUT2D eigenvalue weighted by atomic mass is 10.00. The second-order valence-electron chi connectivity index (χ2n) is 7.20. The van der Waals surface area contributed by atoms with E-state index < -0.39 is 0 Å². The van der Waals surface area contributed by atoms with Crippen LogP contribution in [-0.4, -0.2) is 55.5 Å². The number of primary amides is 1. The molecule has 1 atom stereocenters. The third-order valence-electron chi connectivity index (χ3n) is 4.79. The molecule has 1 fully saturated rings. The van der Waals surface area contributed by atoms with Crippen LogP contribution in [0.15, 0.2) is 29.3 Å². The molecule has 1 heterocycles. The number of aliphatic imine (C=N–C) groups is 1. The highest BCUT2D eigenvalue weighted by Crippen LogP contribution is 2.16. The minimum atomic E-state index is -0.253. The van der Waals surface area contributed by atoms with Gasteiger partial charge in [-0.2, -0.15) is 0 Å². The first-order valence-corrected chi connectivity index (χ1v) is 9.60. The number of likely N-dealkylation sites (tertiary alicyclic amines) is 1. The van der Waals surface area contributed by atoms with Crippen LogP contribution in [-0.2, 0) is 4.79 Å². The Bertz CT molecular complexity index is 614. The van der Waals surface area contributed by atoms with Crippen molar-refractivity contribution in [3.8, 4) is 0 Å². The van der Waals surface area contributed by atoms with Gasteiger partial charge in [-0.1, -0.05) is 36.8 Å². The standard InChI is InChI=1S/C20H33N5O.HI/c1-4-22-20(23-13-16(3)17-7-5-6-15(2)12-17)24-18-8-10-25(11-9-18)14-19(21)26;/h5-7,12,16,18H,4,8-11,13-14H2,1-3H3,(H2,21,26)(H2,22,23,24);1H. The van der Waals surface area contributed by atoms with E-state index in [0.29, 0.717) is 18.5 Å². The summed E-state index contributed by atoms with van der Waals surface area (Å²) in [6.07, 6.45) is 1.98. The van der Waals surface area contributed by atoms with Crippen molar-refractivity contribution in [2.45, 2.75) is 45.6 Å². The summed E-state index contributed by atoms with van der Waals surface area (Å²) in [7, 11) is 0. The van der Waals surface area contributed by atoms with Crippen molar-refractivity contribution in [3.05, 3.63) is 35.4 Å². The van der Waals surface area contributed by atoms with Crippen LogP contribution in [0.25, 0.3) is 0 Å². The maximum absolute atomic E-state index is 11.0. The molecule has 1 aliphatic rings. The number of amides is 1. The number of carbonyl (C=O) groups is 1. The fourth-order valence-corrected chi connectivity index (χ4v) is 3.28. The van der Waals surface area contributed by atoms with Gasteiger partial charge in [0.05, 0.1) is 6.54 Å². The minimum absolute atomic E-state index is 0. The molecule has 0 saturated carbocycles. The Hall–Kier alpha value is -1.35. The Morgan fingerprint density at radius 1 is 1.37 bits per heavy atom. The number of benzene rings is 1. The Morgan fingerprint density at radius 3 is 2.67 bits per heavy atom. The van der Waals surface area contributed by atoms with E-state index in [-0.39, 0.29) is 29.9 Å². The van der Waals surface area contributed by atoms with Gasteiger partial charge in [0.25, 0.3) is 0 Å². The van der Waals surface area contributed by atoms with Crippen molar-refractivity contribution in [2.75, 3.05) is 32.7 Å². The Morgan fingerprint density at radius 2 is 2.07 bits per heavy atom. The summed E-state index contributed by atoms with van der Waals surface area (Å²) >= 11 is 0. The van der Waals surface area contributed by atoms with Crippen molar-refractivity contribution in [1.82, 2.24) is 15.5 Å². The van der Waals surface area contributed by atoms with Crippen molar-refractivity contribution in [2.24, 2.45) is 10.7 Å². The number of halogens is 1. The molecule has 0 aliphatic carbocycles. The van der Waals surface area contributed by atoms with Crippen molar-refractivity contribution in [1.29, 1.82) is 0 Å². The van der Waals surface area contributed by atoms with Gasteiger partial charge in [0.1, 0.15) is 0 Å². The number of nitrogens with zero attached hydrogens (tertiary/aromatic N) is 2. The molecule has 1 aromatic carbocycles. The number of rotatable bonds is 7. The number of guanidine groups is 1. The zero-order chi connectivity index (χ0) is 18.9. The van der Waals surface area contributed by atoms with Gasteiger partial charge < -0.3 is 16.4 Å². The molecule has 0 radical (unpaired) electrons. The summed E-state index contributed by atoms with van der Waals surface area (Å²) in [6, 6.07) is 9.01.